The number of likely N-dealkylation sites (N-methyl/N-ethyl adjacent to an activating group) is 1. The molecular formula is C29H36N2O7S. The van der Waals surface area contributed by atoms with Gasteiger partial charge in [-0.3, -0.25) is 19.3 Å². The van der Waals surface area contributed by atoms with Crippen LogP contribution in [0.4, 0.5) is 0 Å². The second-order valence-electron chi connectivity index (χ2n) is 11.6. The lowest BCUT2D eigenvalue weighted by Gasteiger charge is -2.50. The number of hydrogen-bond acceptors (Lipinski definition) is 9. The van der Waals surface area contributed by atoms with Gasteiger partial charge in [0.1, 0.15) is 22.8 Å². The molecule has 210 valence electrons. The minimum atomic E-state index is -2.62. The SMILES string of the molecule is Cc1cc(CSC2CCCCC2)c(O)c2c1CC1CC3C(N(C)C)C(=O)C(C(N)=O)=C(O)C3(O)C(=O)C1=C2O. The molecule has 1 aromatic carbocycles. The number of amides is 1. The Kier molecular flexibility index (Phi) is 7.10. The van der Waals surface area contributed by atoms with E-state index in [2.05, 4.69) is 0 Å². The van der Waals surface area contributed by atoms with Crippen molar-refractivity contribution in [1.82, 2.24) is 4.90 Å². The summed E-state index contributed by atoms with van der Waals surface area (Å²) in [7, 11) is 3.17. The lowest BCUT2D eigenvalue weighted by Crippen LogP contribution is -2.65. The number of nitrogens with two attached hydrogens (primary N) is 1. The van der Waals surface area contributed by atoms with Gasteiger partial charge in [-0.2, -0.15) is 11.8 Å². The number of ketones is 2. The Morgan fingerprint density at radius 3 is 2.44 bits per heavy atom. The topological polar surface area (TPSA) is 161 Å². The monoisotopic (exact) mass is 556 g/mol. The maximum atomic E-state index is 14.0. The van der Waals surface area contributed by atoms with Crippen molar-refractivity contribution in [3.8, 4) is 5.75 Å². The zero-order chi connectivity index (χ0) is 28.4. The summed E-state index contributed by atoms with van der Waals surface area (Å²) >= 11 is 1.78. The number of phenols is 1. The summed E-state index contributed by atoms with van der Waals surface area (Å²) in [5.41, 5.74) is 4.26. The van der Waals surface area contributed by atoms with Gasteiger partial charge in [-0.05, 0) is 63.7 Å². The van der Waals surface area contributed by atoms with Gasteiger partial charge in [-0.25, -0.2) is 0 Å². The Labute approximate surface area is 231 Å². The first-order valence-electron chi connectivity index (χ1n) is 13.5. The number of primary amides is 1. The molecule has 4 aliphatic carbocycles. The van der Waals surface area contributed by atoms with E-state index in [1.165, 1.54) is 24.2 Å². The van der Waals surface area contributed by atoms with Gasteiger partial charge in [0.25, 0.3) is 5.91 Å². The number of nitrogens with zero attached hydrogens (tertiary/aromatic N) is 1. The van der Waals surface area contributed by atoms with E-state index in [-0.39, 0.29) is 23.3 Å². The van der Waals surface area contributed by atoms with Crippen molar-refractivity contribution in [2.45, 2.75) is 74.5 Å². The molecule has 0 aromatic heterocycles. The fourth-order valence-corrected chi connectivity index (χ4v) is 8.42. The van der Waals surface area contributed by atoms with Gasteiger partial charge in [-0.1, -0.05) is 25.3 Å². The van der Waals surface area contributed by atoms with Crippen molar-refractivity contribution in [2.75, 3.05) is 14.1 Å². The quantitative estimate of drug-likeness (QED) is 0.343. The number of benzene rings is 1. The summed E-state index contributed by atoms with van der Waals surface area (Å²) < 4.78 is 0. The Balaban J connectivity index is 1.60. The van der Waals surface area contributed by atoms with Gasteiger partial charge in [0, 0.05) is 28.1 Å². The molecule has 4 atom stereocenters. The molecule has 0 radical (unpaired) electrons. The van der Waals surface area contributed by atoms with Crippen molar-refractivity contribution < 1.29 is 34.8 Å². The van der Waals surface area contributed by atoms with Crippen LogP contribution in [0.5, 0.6) is 5.75 Å². The van der Waals surface area contributed by atoms with Crippen LogP contribution >= 0.6 is 11.8 Å². The molecule has 0 spiro atoms. The van der Waals surface area contributed by atoms with Crippen LogP contribution in [-0.2, 0) is 26.6 Å². The summed E-state index contributed by atoms with van der Waals surface area (Å²) in [5, 5.41) is 46.0. The number of Topliss-reactive ketones (excluding diaryl/α,β-unsaturated/α-hetero) is 2. The third kappa shape index (κ3) is 4.19. The molecule has 6 N–H and O–H groups in total. The number of carbonyl (C=O) groups is 3. The standard InChI is InChI=1S/C29H36N2O7S/c1-13-9-15(12-39-16-7-5-4-6-8-16)23(32)20-17(13)10-14-11-18-22(31(2)3)25(34)21(28(30)37)27(36)29(18,38)26(35)19(14)24(20)33/h9,14,16,18,22,32-33,36,38H,4-8,10-12H2,1-3H3,(H2,30,37). The minimum Gasteiger partial charge on any atom is -0.508 e. The normalized spacial score (nSPS) is 29.4. The summed E-state index contributed by atoms with van der Waals surface area (Å²) in [6.07, 6.45) is 6.33. The number of carbonyl (C=O) groups excluding carboxylic acids is 3. The predicted octanol–water partition coefficient (Wildman–Crippen LogP) is 2.84. The van der Waals surface area contributed by atoms with E-state index in [9.17, 15) is 34.8 Å². The number of rotatable bonds is 5. The number of hydrogen-bond donors (Lipinski definition) is 5. The molecule has 0 bridgehead atoms. The van der Waals surface area contributed by atoms with Crippen LogP contribution < -0.4 is 5.73 Å². The Morgan fingerprint density at radius 2 is 1.82 bits per heavy atom. The van der Waals surface area contributed by atoms with E-state index < -0.39 is 58.0 Å². The molecule has 1 aromatic rings. The summed E-state index contributed by atoms with van der Waals surface area (Å²) in [6.45, 7) is 1.91. The molecule has 5 rings (SSSR count). The maximum Gasteiger partial charge on any atom is 0.255 e. The fraction of sp³-hybridized carbons (Fsp3) is 0.552. The van der Waals surface area contributed by atoms with Crippen LogP contribution in [0.1, 0.15) is 60.8 Å². The van der Waals surface area contributed by atoms with Gasteiger partial charge >= 0.3 is 0 Å². The highest BCUT2D eigenvalue weighted by Gasteiger charge is 2.64. The largest absolute Gasteiger partial charge is 0.508 e. The Hall–Kier alpha value is -2.82. The van der Waals surface area contributed by atoms with Crippen LogP contribution in [0.2, 0.25) is 0 Å². The van der Waals surface area contributed by atoms with Crippen molar-refractivity contribution in [3.05, 3.63) is 45.2 Å². The predicted molar refractivity (Wildman–Crippen MR) is 147 cm³/mol. The van der Waals surface area contributed by atoms with Crippen molar-refractivity contribution in [1.29, 1.82) is 0 Å². The number of aryl methyl sites for hydroxylation is 1. The minimum absolute atomic E-state index is 0.0885. The number of fused-ring (bicyclic) bond motifs is 3. The lowest BCUT2D eigenvalue weighted by molar-refractivity contribution is -0.153. The average molecular weight is 557 g/mol. The summed E-state index contributed by atoms with van der Waals surface area (Å²) in [4.78, 5) is 40.8. The van der Waals surface area contributed by atoms with Crippen molar-refractivity contribution in [2.24, 2.45) is 17.6 Å². The molecule has 39 heavy (non-hydrogen) atoms. The highest BCUT2D eigenvalue weighted by atomic mass is 32.2. The zero-order valence-corrected chi connectivity index (χ0v) is 23.3. The number of thioether (sulfide) groups is 1. The first-order chi connectivity index (χ1) is 18.4. The van der Waals surface area contributed by atoms with E-state index in [0.29, 0.717) is 28.6 Å². The summed E-state index contributed by atoms with van der Waals surface area (Å²) in [6, 6.07) is 0.847. The average Bonchev–Trinajstić information content (AvgIpc) is 2.87. The van der Waals surface area contributed by atoms with Crippen LogP contribution in [-0.4, -0.2) is 73.8 Å². The molecule has 2 fully saturated rings. The van der Waals surface area contributed by atoms with Crippen molar-refractivity contribution in [3.63, 3.8) is 0 Å². The number of aliphatic hydroxyl groups is 3. The van der Waals surface area contributed by atoms with Gasteiger partial charge in [-0.15, -0.1) is 0 Å². The van der Waals surface area contributed by atoms with Gasteiger partial charge < -0.3 is 26.2 Å². The maximum absolute atomic E-state index is 14.0. The van der Waals surface area contributed by atoms with Gasteiger partial charge in [0.15, 0.2) is 11.4 Å². The highest BCUT2D eigenvalue weighted by molar-refractivity contribution is 7.99. The first-order valence-corrected chi connectivity index (χ1v) is 14.5. The first kappa shape index (κ1) is 27.7. The van der Waals surface area contributed by atoms with Gasteiger partial charge in [0.2, 0.25) is 5.78 Å². The van der Waals surface area contributed by atoms with E-state index in [1.54, 1.807) is 25.9 Å². The molecule has 4 aliphatic rings. The second-order valence-corrected chi connectivity index (χ2v) is 12.9. The Morgan fingerprint density at radius 1 is 1.15 bits per heavy atom. The van der Waals surface area contributed by atoms with Crippen LogP contribution in [0, 0.1) is 18.8 Å². The highest BCUT2D eigenvalue weighted by Crippen LogP contribution is 2.53. The van der Waals surface area contributed by atoms with E-state index in [0.717, 1.165) is 18.4 Å². The number of phenolic OH excluding ortho intramolecular Hbond substituents is 1. The molecule has 1 amide bonds. The molecule has 4 unspecified atom stereocenters. The smallest absolute Gasteiger partial charge is 0.255 e. The fourth-order valence-electron chi connectivity index (χ4n) is 7.12. The van der Waals surface area contributed by atoms with Crippen LogP contribution in [0.25, 0.3) is 5.76 Å². The zero-order valence-electron chi connectivity index (χ0n) is 22.5. The third-order valence-electron chi connectivity index (χ3n) is 9.05. The van der Waals surface area contributed by atoms with Crippen molar-refractivity contribution >= 4 is 35.0 Å². The van der Waals surface area contributed by atoms with E-state index in [4.69, 9.17) is 5.73 Å². The van der Waals surface area contributed by atoms with Crippen LogP contribution in [0.15, 0.2) is 23.0 Å². The molecular weight excluding hydrogens is 520 g/mol. The molecule has 10 heteroatoms. The summed E-state index contributed by atoms with van der Waals surface area (Å²) in [5.74, 6) is -5.65. The lowest BCUT2D eigenvalue weighted by atomic mass is 9.57. The molecule has 2 saturated carbocycles. The van der Waals surface area contributed by atoms with E-state index >= 15 is 0 Å². The number of aliphatic hydroxyl groups excluding tert-OH is 2. The second kappa shape index (κ2) is 9.98. The number of aromatic hydroxyl groups is 1. The molecule has 0 heterocycles. The van der Waals surface area contributed by atoms with Crippen LogP contribution in [0.3, 0.4) is 0 Å². The molecule has 9 nitrogen and oxygen atoms in total. The molecule has 0 aliphatic heterocycles. The third-order valence-corrected chi connectivity index (χ3v) is 10.5. The Bertz CT molecular complexity index is 1330. The molecule has 0 saturated heterocycles. The van der Waals surface area contributed by atoms with E-state index in [1.807, 2.05) is 13.0 Å². The van der Waals surface area contributed by atoms with Gasteiger partial charge in [0.05, 0.1) is 11.6 Å².